The van der Waals surface area contributed by atoms with Gasteiger partial charge in [0.05, 0.1) is 20.1 Å². The average Bonchev–Trinajstić information content (AvgIpc) is 2.12. The third-order valence-electron chi connectivity index (χ3n) is 3.67. The van der Waals surface area contributed by atoms with E-state index in [2.05, 4.69) is 53.6 Å². The van der Waals surface area contributed by atoms with E-state index in [0.717, 1.165) is 10.5 Å². The maximum Gasteiger partial charge on any atom is 0.135 e. The summed E-state index contributed by atoms with van der Waals surface area (Å²) in [6, 6.07) is 1.43. The second kappa shape index (κ2) is 2.96. The highest BCUT2D eigenvalue weighted by Gasteiger charge is 2.46. The Labute approximate surface area is 83.1 Å². The topological polar surface area (TPSA) is 3.24 Å². The summed E-state index contributed by atoms with van der Waals surface area (Å²) < 4.78 is 1.12. The van der Waals surface area contributed by atoms with Crippen LogP contribution in [-0.4, -0.2) is 47.8 Å². The Hall–Kier alpha value is -0.0800. The smallest absolute Gasteiger partial charge is 0.135 e. The summed E-state index contributed by atoms with van der Waals surface area (Å²) in [5, 5.41) is 0. The Morgan fingerprint density at radius 1 is 1.15 bits per heavy atom. The van der Waals surface area contributed by atoms with Gasteiger partial charge in [-0.05, 0) is 34.6 Å². The van der Waals surface area contributed by atoms with Gasteiger partial charge in [0.2, 0.25) is 0 Å². The molecule has 0 aromatic rings. The first kappa shape index (κ1) is 11.0. The number of hydrogen-bond acceptors (Lipinski definition) is 1. The predicted molar refractivity (Wildman–Crippen MR) is 57.5 cm³/mol. The first-order valence-electron chi connectivity index (χ1n) is 5.25. The highest BCUT2D eigenvalue weighted by atomic mass is 15.5. The van der Waals surface area contributed by atoms with Gasteiger partial charge in [-0.2, -0.15) is 0 Å². The molecule has 0 amide bonds. The van der Waals surface area contributed by atoms with Crippen LogP contribution in [0.3, 0.4) is 0 Å². The van der Waals surface area contributed by atoms with Crippen molar-refractivity contribution in [2.24, 2.45) is 0 Å². The molecule has 1 heterocycles. The molecule has 2 atom stereocenters. The van der Waals surface area contributed by atoms with Gasteiger partial charge in [-0.3, -0.25) is 0 Å². The lowest BCUT2D eigenvalue weighted by Gasteiger charge is -2.33. The fraction of sp³-hybridized carbons (Fsp3) is 1.00. The highest BCUT2D eigenvalue weighted by molar-refractivity contribution is 4.86. The molecule has 1 aliphatic heterocycles. The van der Waals surface area contributed by atoms with Crippen molar-refractivity contribution >= 4 is 0 Å². The van der Waals surface area contributed by atoms with Crippen LogP contribution >= 0.6 is 0 Å². The van der Waals surface area contributed by atoms with Crippen LogP contribution in [-0.2, 0) is 0 Å². The summed E-state index contributed by atoms with van der Waals surface area (Å²) in [5.74, 6) is 0. The predicted octanol–water partition coefficient (Wildman–Crippen LogP) is 1.91. The second-order valence-corrected chi connectivity index (χ2v) is 6.04. The Morgan fingerprint density at radius 3 is 1.77 bits per heavy atom. The molecule has 78 valence electrons. The number of hydrogen-bond donors (Lipinski definition) is 0. The molecular weight excluding hydrogens is 160 g/mol. The van der Waals surface area contributed by atoms with Gasteiger partial charge in [0.15, 0.2) is 0 Å². The van der Waals surface area contributed by atoms with Gasteiger partial charge in [-0.25, -0.2) is 4.90 Å². The Morgan fingerprint density at radius 2 is 1.62 bits per heavy atom. The first-order valence-corrected chi connectivity index (χ1v) is 5.25. The molecule has 0 radical (unpaired) electrons. The summed E-state index contributed by atoms with van der Waals surface area (Å²) >= 11 is 0. The molecular formula is C11H25N2+. The quantitative estimate of drug-likeness (QED) is 0.521. The van der Waals surface area contributed by atoms with E-state index in [-0.39, 0.29) is 0 Å². The van der Waals surface area contributed by atoms with E-state index in [4.69, 9.17) is 0 Å². The molecule has 1 fully saturated rings. The molecule has 0 aromatic heterocycles. The van der Waals surface area contributed by atoms with Gasteiger partial charge >= 0.3 is 0 Å². The number of nitrogens with zero attached hydrogens (tertiary/aromatic N) is 2. The second-order valence-electron chi connectivity index (χ2n) is 6.04. The zero-order valence-corrected chi connectivity index (χ0v) is 10.3. The SMILES string of the molecule is CC1C(C)[N+](C)(C)CN1C(C)(C)C. The molecule has 0 aromatic carbocycles. The monoisotopic (exact) mass is 185 g/mol. The molecule has 2 unspecified atom stereocenters. The van der Waals surface area contributed by atoms with Crippen molar-refractivity contribution in [3.63, 3.8) is 0 Å². The van der Waals surface area contributed by atoms with Crippen LogP contribution in [0.1, 0.15) is 34.6 Å². The minimum Gasteiger partial charge on any atom is -0.312 e. The molecule has 13 heavy (non-hydrogen) atoms. The van der Waals surface area contributed by atoms with Gasteiger partial charge in [-0.1, -0.05) is 0 Å². The minimum atomic E-state index is 0.305. The fourth-order valence-corrected chi connectivity index (χ4v) is 2.32. The summed E-state index contributed by atoms with van der Waals surface area (Å²) in [6.45, 7) is 12.8. The van der Waals surface area contributed by atoms with Crippen molar-refractivity contribution < 1.29 is 4.48 Å². The van der Waals surface area contributed by atoms with Gasteiger partial charge in [0.25, 0.3) is 0 Å². The fourth-order valence-electron chi connectivity index (χ4n) is 2.32. The highest BCUT2D eigenvalue weighted by Crippen LogP contribution is 2.30. The molecule has 0 aliphatic carbocycles. The van der Waals surface area contributed by atoms with Crippen LogP contribution in [0, 0.1) is 0 Å². The van der Waals surface area contributed by atoms with E-state index in [9.17, 15) is 0 Å². The van der Waals surface area contributed by atoms with E-state index in [1.165, 1.54) is 6.67 Å². The Bertz CT molecular complexity index is 191. The van der Waals surface area contributed by atoms with Gasteiger partial charge in [-0.15, -0.1) is 0 Å². The summed E-state index contributed by atoms with van der Waals surface area (Å²) in [5.41, 5.74) is 0.305. The van der Waals surface area contributed by atoms with E-state index in [1.54, 1.807) is 0 Å². The van der Waals surface area contributed by atoms with Gasteiger partial charge < -0.3 is 4.48 Å². The lowest BCUT2D eigenvalue weighted by Crippen LogP contribution is -2.46. The Kier molecular flexibility index (Phi) is 2.50. The molecule has 1 saturated heterocycles. The molecule has 1 aliphatic rings. The van der Waals surface area contributed by atoms with E-state index in [1.807, 2.05) is 0 Å². The average molecular weight is 185 g/mol. The third-order valence-corrected chi connectivity index (χ3v) is 3.67. The van der Waals surface area contributed by atoms with Crippen molar-refractivity contribution in [3.8, 4) is 0 Å². The van der Waals surface area contributed by atoms with Crippen molar-refractivity contribution in [2.45, 2.75) is 52.2 Å². The standard InChI is InChI=1S/C11H25N2/c1-9-10(2)13(6,7)8-12(9)11(3,4)5/h9-10H,8H2,1-7H3/q+1. The van der Waals surface area contributed by atoms with Crippen LogP contribution in [0.4, 0.5) is 0 Å². The molecule has 0 N–H and O–H groups in total. The molecule has 1 rings (SSSR count). The van der Waals surface area contributed by atoms with Crippen molar-refractivity contribution in [1.29, 1.82) is 0 Å². The summed E-state index contributed by atoms with van der Waals surface area (Å²) in [6.07, 6.45) is 0. The maximum atomic E-state index is 2.61. The van der Waals surface area contributed by atoms with Crippen molar-refractivity contribution in [3.05, 3.63) is 0 Å². The lowest BCUT2D eigenvalue weighted by atomic mass is 10.0. The molecule has 0 spiro atoms. The number of rotatable bonds is 0. The summed E-state index contributed by atoms with van der Waals surface area (Å²) in [7, 11) is 4.65. The van der Waals surface area contributed by atoms with E-state index >= 15 is 0 Å². The first-order chi connectivity index (χ1) is 5.66. The third kappa shape index (κ3) is 1.89. The van der Waals surface area contributed by atoms with Crippen LogP contribution in [0.15, 0.2) is 0 Å². The maximum absolute atomic E-state index is 2.61. The van der Waals surface area contributed by atoms with Gasteiger partial charge in [0.1, 0.15) is 12.7 Å². The van der Waals surface area contributed by atoms with E-state index < -0.39 is 0 Å². The number of likely N-dealkylation sites (N-methyl/N-ethyl adjacent to an activating group) is 1. The number of quaternary nitrogens is 1. The summed E-state index contributed by atoms with van der Waals surface area (Å²) in [4.78, 5) is 2.61. The zero-order chi connectivity index (χ0) is 10.4. The van der Waals surface area contributed by atoms with Crippen molar-refractivity contribution in [1.82, 2.24) is 4.90 Å². The van der Waals surface area contributed by atoms with Crippen LogP contribution < -0.4 is 0 Å². The van der Waals surface area contributed by atoms with Crippen LogP contribution in [0.5, 0.6) is 0 Å². The van der Waals surface area contributed by atoms with Crippen LogP contribution in [0.25, 0.3) is 0 Å². The minimum absolute atomic E-state index is 0.305. The largest absolute Gasteiger partial charge is 0.312 e. The molecule has 2 heteroatoms. The van der Waals surface area contributed by atoms with E-state index in [0.29, 0.717) is 11.6 Å². The molecule has 0 bridgehead atoms. The lowest BCUT2D eigenvalue weighted by molar-refractivity contribution is -0.905. The normalized spacial score (nSPS) is 35.3. The van der Waals surface area contributed by atoms with Crippen LogP contribution in [0.2, 0.25) is 0 Å². The van der Waals surface area contributed by atoms with Crippen molar-refractivity contribution in [2.75, 3.05) is 20.8 Å². The molecule has 2 nitrogen and oxygen atoms in total. The van der Waals surface area contributed by atoms with Gasteiger partial charge in [0, 0.05) is 5.54 Å². The Balaban J connectivity index is 2.84. The molecule has 0 saturated carbocycles. The zero-order valence-electron chi connectivity index (χ0n) is 10.3.